The van der Waals surface area contributed by atoms with Crippen molar-refractivity contribution < 1.29 is 17.6 Å². The lowest BCUT2D eigenvalue weighted by Gasteiger charge is -2.48. The van der Waals surface area contributed by atoms with Gasteiger partial charge in [0.2, 0.25) is 0 Å². The smallest absolute Gasteiger partial charge is 0.273 e. The molecule has 3 aliphatic carbocycles. The first-order valence-electron chi connectivity index (χ1n) is 11.1. The Kier molecular flexibility index (Phi) is 5.34. The highest BCUT2D eigenvalue weighted by molar-refractivity contribution is 5.88. The van der Waals surface area contributed by atoms with Gasteiger partial charge in [-0.1, -0.05) is 24.1 Å². The maximum Gasteiger partial charge on any atom is 0.273 e. The molecule has 0 amide bonds. The number of benzene rings is 1. The number of fused-ring (bicyclic) bond motifs is 3. The van der Waals surface area contributed by atoms with Crippen molar-refractivity contribution >= 4 is 16.7 Å². The van der Waals surface area contributed by atoms with E-state index in [-0.39, 0.29) is 41.2 Å². The van der Waals surface area contributed by atoms with E-state index >= 15 is 0 Å². The normalized spacial score (nSPS) is 24.8. The summed E-state index contributed by atoms with van der Waals surface area (Å²) in [6, 6.07) is 3.63. The monoisotopic (exact) mass is 470 g/mol. The largest absolute Gasteiger partial charge is 0.352 e. The molecule has 3 aliphatic rings. The number of rotatable bonds is 5. The molecule has 1 N–H and O–H groups in total. The molecule has 0 spiro atoms. The van der Waals surface area contributed by atoms with Gasteiger partial charge in [-0.2, -0.15) is 0 Å². The van der Waals surface area contributed by atoms with Crippen LogP contribution in [-0.4, -0.2) is 20.7 Å². The fourth-order valence-electron chi connectivity index (χ4n) is 5.15. The van der Waals surface area contributed by atoms with Crippen molar-refractivity contribution in [3.63, 3.8) is 0 Å². The quantitative estimate of drug-likeness (QED) is 0.415. The number of nitrogens with one attached hydrogen (secondary N) is 1. The van der Waals surface area contributed by atoms with E-state index in [1.807, 2.05) is 0 Å². The Bertz CT molecular complexity index is 1350. The molecule has 2 aromatic heterocycles. The summed E-state index contributed by atoms with van der Waals surface area (Å²) in [6.07, 6.45) is 9.27. The SMILES string of the molecule is C#CC(Nc1ncnc2cc(=O)n(C3C[C@@H](F)C4CC3C4)cc12)c1cccc(C(C)(F)F)c1F. The summed E-state index contributed by atoms with van der Waals surface area (Å²) in [5.41, 5.74) is -0.847. The maximum absolute atomic E-state index is 14.9. The Morgan fingerprint density at radius 3 is 2.68 bits per heavy atom. The lowest BCUT2D eigenvalue weighted by molar-refractivity contribution is -0.0183. The first-order valence-corrected chi connectivity index (χ1v) is 11.1. The third-order valence-corrected chi connectivity index (χ3v) is 7.05. The van der Waals surface area contributed by atoms with Crippen molar-refractivity contribution in [3.05, 3.63) is 64.1 Å². The molecule has 3 aromatic rings. The van der Waals surface area contributed by atoms with Gasteiger partial charge in [-0.25, -0.2) is 27.5 Å². The average molecular weight is 470 g/mol. The molecule has 0 saturated heterocycles. The van der Waals surface area contributed by atoms with Crippen LogP contribution in [-0.2, 0) is 5.92 Å². The number of aromatic nitrogens is 3. The number of hydrogen-bond acceptors (Lipinski definition) is 4. The number of terminal acetylenes is 1. The van der Waals surface area contributed by atoms with E-state index in [0.29, 0.717) is 17.8 Å². The number of anilines is 1. The first-order chi connectivity index (χ1) is 16.2. The Morgan fingerprint density at radius 2 is 2.00 bits per heavy atom. The predicted octanol–water partition coefficient (Wildman–Crippen LogP) is 5.14. The van der Waals surface area contributed by atoms with E-state index < -0.39 is 29.5 Å². The second-order valence-corrected chi connectivity index (χ2v) is 9.19. The van der Waals surface area contributed by atoms with Crippen LogP contribution in [0.5, 0.6) is 0 Å². The fourth-order valence-corrected chi connectivity index (χ4v) is 5.15. The van der Waals surface area contributed by atoms with Gasteiger partial charge in [-0.3, -0.25) is 4.79 Å². The molecule has 3 saturated carbocycles. The van der Waals surface area contributed by atoms with Crippen molar-refractivity contribution in [1.29, 1.82) is 0 Å². The highest BCUT2D eigenvalue weighted by Crippen LogP contribution is 2.52. The molecular formula is C25H22F4N4O. The van der Waals surface area contributed by atoms with Gasteiger partial charge in [0.05, 0.1) is 16.5 Å². The van der Waals surface area contributed by atoms with Crippen molar-refractivity contribution in [2.75, 3.05) is 5.32 Å². The number of hydrogen-bond donors (Lipinski definition) is 1. The minimum atomic E-state index is -3.38. The van der Waals surface area contributed by atoms with Crippen LogP contribution in [0.4, 0.5) is 23.4 Å². The highest BCUT2D eigenvalue weighted by atomic mass is 19.3. The standard InChI is InChI=1S/C25H22F4N4O/c1-3-19(15-5-4-6-17(23(15)27)25(2,28)29)32-24-16-11-33(22(34)10-20(16)30-12-31-24)21-9-18(26)13-7-14(21)8-13/h1,4-6,10-14,18-19,21H,7-9H2,2H3,(H,30,31,32)/t13?,14?,18-,19?,21?/m1/s1. The van der Waals surface area contributed by atoms with Gasteiger partial charge in [-0.05, 0) is 31.1 Å². The molecule has 2 unspecified atom stereocenters. The highest BCUT2D eigenvalue weighted by Gasteiger charge is 2.47. The number of nitrogens with zero attached hydrogens (tertiary/aromatic N) is 3. The molecule has 1 aromatic carbocycles. The molecule has 9 heteroatoms. The van der Waals surface area contributed by atoms with Gasteiger partial charge in [0.1, 0.15) is 30.2 Å². The van der Waals surface area contributed by atoms with Gasteiger partial charge < -0.3 is 9.88 Å². The zero-order valence-electron chi connectivity index (χ0n) is 18.3. The van der Waals surface area contributed by atoms with Gasteiger partial charge in [-0.15, -0.1) is 6.42 Å². The minimum Gasteiger partial charge on any atom is -0.352 e. The molecule has 34 heavy (non-hydrogen) atoms. The summed E-state index contributed by atoms with van der Waals surface area (Å²) in [4.78, 5) is 21.1. The summed E-state index contributed by atoms with van der Waals surface area (Å²) in [5.74, 6) is -1.57. The minimum absolute atomic E-state index is 0.0792. The average Bonchev–Trinajstić information content (AvgIpc) is 2.75. The second-order valence-electron chi connectivity index (χ2n) is 9.19. The second kappa shape index (κ2) is 8.12. The number of alkyl halides is 3. The molecule has 2 bridgehead atoms. The molecular weight excluding hydrogens is 448 g/mol. The van der Waals surface area contributed by atoms with Crippen LogP contribution in [0.25, 0.3) is 10.9 Å². The van der Waals surface area contributed by atoms with Crippen LogP contribution in [0.15, 0.2) is 41.6 Å². The number of pyridine rings is 1. The summed E-state index contributed by atoms with van der Waals surface area (Å²) in [6.45, 7) is 0.613. The molecule has 6 rings (SSSR count). The first kappa shape index (κ1) is 22.4. The lowest BCUT2D eigenvalue weighted by atomic mass is 9.61. The van der Waals surface area contributed by atoms with E-state index in [2.05, 4.69) is 21.2 Å². The van der Waals surface area contributed by atoms with Crippen LogP contribution in [0.1, 0.15) is 49.4 Å². The topological polar surface area (TPSA) is 59.8 Å². The van der Waals surface area contributed by atoms with E-state index in [9.17, 15) is 22.4 Å². The van der Waals surface area contributed by atoms with E-state index in [4.69, 9.17) is 6.42 Å². The van der Waals surface area contributed by atoms with Gasteiger partial charge in [0.25, 0.3) is 11.5 Å². The Morgan fingerprint density at radius 1 is 1.24 bits per heavy atom. The fraction of sp³-hybridized carbons (Fsp3) is 0.400. The van der Waals surface area contributed by atoms with E-state index in [1.54, 1.807) is 6.20 Å². The summed E-state index contributed by atoms with van der Waals surface area (Å²) < 4.78 is 58.5. The van der Waals surface area contributed by atoms with Crippen LogP contribution in [0, 0.1) is 30.0 Å². The van der Waals surface area contributed by atoms with Crippen LogP contribution < -0.4 is 10.9 Å². The Labute approximate surface area is 193 Å². The molecule has 0 radical (unpaired) electrons. The number of halogens is 4. The molecule has 176 valence electrons. The summed E-state index contributed by atoms with van der Waals surface area (Å²) >= 11 is 0. The molecule has 5 nitrogen and oxygen atoms in total. The van der Waals surface area contributed by atoms with E-state index in [1.165, 1.54) is 29.1 Å². The van der Waals surface area contributed by atoms with Crippen LogP contribution in [0.3, 0.4) is 0 Å². The summed E-state index contributed by atoms with van der Waals surface area (Å²) in [7, 11) is 0. The lowest BCUT2D eigenvalue weighted by Crippen LogP contribution is -2.46. The third-order valence-electron chi connectivity index (χ3n) is 7.05. The Hall–Kier alpha value is -3.41. The van der Waals surface area contributed by atoms with Gasteiger partial charge in [0.15, 0.2) is 0 Å². The molecule has 3 fully saturated rings. The Balaban J connectivity index is 1.54. The molecule has 3 atom stereocenters. The zero-order valence-corrected chi connectivity index (χ0v) is 18.3. The third kappa shape index (κ3) is 3.71. The van der Waals surface area contributed by atoms with Crippen molar-refractivity contribution in [2.24, 2.45) is 11.8 Å². The van der Waals surface area contributed by atoms with Gasteiger partial charge in [0, 0.05) is 30.8 Å². The predicted molar refractivity (Wildman–Crippen MR) is 120 cm³/mol. The van der Waals surface area contributed by atoms with Crippen molar-refractivity contribution in [3.8, 4) is 12.3 Å². The van der Waals surface area contributed by atoms with Crippen molar-refractivity contribution in [2.45, 2.75) is 50.4 Å². The zero-order chi connectivity index (χ0) is 24.2. The van der Waals surface area contributed by atoms with E-state index in [0.717, 1.165) is 18.9 Å². The molecule has 0 aliphatic heterocycles. The maximum atomic E-state index is 14.9. The summed E-state index contributed by atoms with van der Waals surface area (Å²) in [5, 5.41) is 3.37. The van der Waals surface area contributed by atoms with Crippen molar-refractivity contribution in [1.82, 2.24) is 14.5 Å². The van der Waals surface area contributed by atoms with Crippen LogP contribution in [0.2, 0.25) is 0 Å². The molecule has 2 heterocycles. The van der Waals surface area contributed by atoms with Gasteiger partial charge >= 0.3 is 0 Å². The van der Waals surface area contributed by atoms with Crippen LogP contribution >= 0.6 is 0 Å².